The molecule has 0 radical (unpaired) electrons. The first-order valence-corrected chi connectivity index (χ1v) is 14.3. The van der Waals surface area contributed by atoms with Crippen molar-refractivity contribution in [2.24, 2.45) is 5.92 Å². The molecule has 0 aliphatic carbocycles. The number of aryl methyl sites for hydroxylation is 1. The van der Waals surface area contributed by atoms with Crippen LogP contribution in [0.25, 0.3) is 0 Å². The zero-order chi connectivity index (χ0) is 27.8. The van der Waals surface area contributed by atoms with Crippen molar-refractivity contribution >= 4 is 40.6 Å². The Morgan fingerprint density at radius 3 is 2.70 bits per heavy atom. The van der Waals surface area contributed by atoms with Crippen LogP contribution in [0.15, 0.2) is 60.7 Å². The van der Waals surface area contributed by atoms with Gasteiger partial charge in [0.1, 0.15) is 16.7 Å². The number of nitrogens with one attached hydrogen (secondary N) is 2. The smallest absolute Gasteiger partial charge is 0.251 e. The normalized spacial score (nSPS) is 28.0. The summed E-state index contributed by atoms with van der Waals surface area (Å²) in [6, 6.07) is 18.1. The lowest BCUT2D eigenvalue weighted by atomic mass is 9.57. The van der Waals surface area contributed by atoms with Gasteiger partial charge in [0.2, 0.25) is 5.91 Å². The molecule has 204 valence electrons. The third kappa shape index (κ3) is 3.02. The van der Waals surface area contributed by atoms with Gasteiger partial charge in [0.05, 0.1) is 23.2 Å². The lowest BCUT2D eigenvalue weighted by Gasteiger charge is -2.43. The van der Waals surface area contributed by atoms with Crippen molar-refractivity contribution in [1.29, 1.82) is 0 Å². The number of halogens is 1. The van der Waals surface area contributed by atoms with Gasteiger partial charge in [0, 0.05) is 22.9 Å². The Morgan fingerprint density at radius 2 is 1.88 bits per heavy atom. The van der Waals surface area contributed by atoms with Crippen LogP contribution in [0.5, 0.6) is 5.75 Å². The maximum absolute atomic E-state index is 14.8. The molecule has 0 unspecified atom stereocenters. The number of hydrogen-bond acceptors (Lipinski definition) is 5. The lowest BCUT2D eigenvalue weighted by Crippen LogP contribution is -2.62. The van der Waals surface area contributed by atoms with E-state index in [1.807, 2.05) is 62.4 Å². The van der Waals surface area contributed by atoms with Crippen LogP contribution in [0.2, 0.25) is 5.02 Å². The fourth-order valence-electron chi connectivity index (χ4n) is 7.91. The second kappa shape index (κ2) is 8.91. The standard InChI is InChI=1S/C32H30ClN3O4/c1-3-14-40-20-9-6-8-19(17-20)28(37)26-25-12-7-13-36(25)32(22-15-18(2)16-23(33)27(22)35-30(32)39)31(26)21-10-4-5-11-24(21)34-29(31)38/h4-6,8-11,15-17,25-26H,3,7,12-14H2,1-2H3,(H,34,38)(H,35,39)/t25-,26+,31-,32-/m0/s1. The van der Waals surface area contributed by atoms with Crippen molar-refractivity contribution in [2.75, 3.05) is 23.8 Å². The molecule has 7 nitrogen and oxygen atoms in total. The number of ether oxygens (including phenoxy) is 1. The molecule has 4 atom stereocenters. The van der Waals surface area contributed by atoms with Gasteiger partial charge in [-0.2, -0.15) is 0 Å². The molecule has 0 aromatic heterocycles. The van der Waals surface area contributed by atoms with Gasteiger partial charge in [-0.3, -0.25) is 19.3 Å². The summed E-state index contributed by atoms with van der Waals surface area (Å²) in [5.41, 5.74) is 0.898. The number of amides is 2. The number of ketones is 1. The van der Waals surface area contributed by atoms with E-state index in [1.54, 1.807) is 12.1 Å². The van der Waals surface area contributed by atoms with Crippen molar-refractivity contribution < 1.29 is 19.1 Å². The molecule has 0 bridgehead atoms. The predicted octanol–water partition coefficient (Wildman–Crippen LogP) is 5.45. The van der Waals surface area contributed by atoms with E-state index >= 15 is 0 Å². The van der Waals surface area contributed by atoms with Gasteiger partial charge in [0.15, 0.2) is 5.78 Å². The number of carbonyl (C=O) groups excluding carboxylic acids is 3. The highest BCUT2D eigenvalue weighted by Gasteiger charge is 2.81. The van der Waals surface area contributed by atoms with E-state index < -0.39 is 16.9 Å². The first-order valence-electron chi connectivity index (χ1n) is 13.9. The molecule has 4 aliphatic heterocycles. The van der Waals surface area contributed by atoms with Gasteiger partial charge in [-0.1, -0.05) is 54.9 Å². The van der Waals surface area contributed by atoms with Crippen LogP contribution < -0.4 is 15.4 Å². The van der Waals surface area contributed by atoms with Gasteiger partial charge in [-0.25, -0.2) is 0 Å². The minimum Gasteiger partial charge on any atom is -0.494 e. The zero-order valence-corrected chi connectivity index (χ0v) is 23.2. The summed E-state index contributed by atoms with van der Waals surface area (Å²) in [6.45, 7) is 5.08. The zero-order valence-electron chi connectivity index (χ0n) is 22.4. The van der Waals surface area contributed by atoms with Crippen LogP contribution in [-0.2, 0) is 20.5 Å². The van der Waals surface area contributed by atoms with Gasteiger partial charge in [0.25, 0.3) is 5.91 Å². The molecule has 8 heteroatoms. The molecule has 2 amide bonds. The minimum atomic E-state index is -1.50. The van der Waals surface area contributed by atoms with Crippen molar-refractivity contribution in [3.05, 3.63) is 87.9 Å². The van der Waals surface area contributed by atoms with Crippen LogP contribution in [0, 0.1) is 12.8 Å². The van der Waals surface area contributed by atoms with Gasteiger partial charge in [-0.15, -0.1) is 0 Å². The monoisotopic (exact) mass is 555 g/mol. The van der Waals surface area contributed by atoms with Crippen molar-refractivity contribution in [2.45, 2.75) is 50.1 Å². The molecule has 3 aromatic carbocycles. The van der Waals surface area contributed by atoms with Crippen molar-refractivity contribution in [3.8, 4) is 5.75 Å². The van der Waals surface area contributed by atoms with E-state index in [2.05, 4.69) is 15.5 Å². The highest BCUT2D eigenvalue weighted by atomic mass is 35.5. The average Bonchev–Trinajstić information content (AvgIpc) is 3.66. The number of Topliss-reactive ketones (excluding diaryl/α,β-unsaturated/α-hetero) is 1. The Morgan fingerprint density at radius 1 is 1.05 bits per heavy atom. The molecule has 2 N–H and O–H groups in total. The second-order valence-corrected chi connectivity index (χ2v) is 11.7. The first kappa shape index (κ1) is 25.3. The summed E-state index contributed by atoms with van der Waals surface area (Å²) in [7, 11) is 0. The van der Waals surface area contributed by atoms with Gasteiger partial charge < -0.3 is 15.4 Å². The topological polar surface area (TPSA) is 87.7 Å². The lowest BCUT2D eigenvalue weighted by molar-refractivity contribution is -0.137. The highest BCUT2D eigenvalue weighted by Crippen LogP contribution is 2.68. The van der Waals surface area contributed by atoms with E-state index in [1.165, 1.54) is 0 Å². The Hall–Kier alpha value is -3.68. The van der Waals surface area contributed by atoms with Crippen LogP contribution in [0.3, 0.4) is 0 Å². The molecule has 4 aliphatic rings. The summed E-state index contributed by atoms with van der Waals surface area (Å²) >= 11 is 6.72. The molecule has 40 heavy (non-hydrogen) atoms. The quantitative estimate of drug-likeness (QED) is 0.409. The highest BCUT2D eigenvalue weighted by molar-refractivity contribution is 6.35. The predicted molar refractivity (Wildman–Crippen MR) is 153 cm³/mol. The van der Waals surface area contributed by atoms with E-state index in [0.717, 1.165) is 18.4 Å². The Balaban J connectivity index is 1.53. The third-order valence-corrected chi connectivity index (χ3v) is 9.47. The van der Waals surface area contributed by atoms with E-state index in [4.69, 9.17) is 16.3 Å². The van der Waals surface area contributed by atoms with Crippen LogP contribution in [0.1, 0.15) is 53.2 Å². The fraction of sp³-hybridized carbons (Fsp3) is 0.344. The number of hydrogen-bond donors (Lipinski definition) is 2. The Bertz CT molecular complexity index is 1600. The summed E-state index contributed by atoms with van der Waals surface area (Å²) in [6.07, 6.45) is 2.36. The summed E-state index contributed by atoms with van der Waals surface area (Å²) in [4.78, 5) is 46.1. The fourth-order valence-corrected chi connectivity index (χ4v) is 8.23. The van der Waals surface area contributed by atoms with E-state index in [9.17, 15) is 14.4 Å². The molecule has 2 saturated heterocycles. The molecule has 0 saturated carbocycles. The number of para-hydroxylation sites is 1. The van der Waals surface area contributed by atoms with Crippen LogP contribution in [-0.4, -0.2) is 41.7 Å². The van der Waals surface area contributed by atoms with Crippen molar-refractivity contribution in [1.82, 2.24) is 4.90 Å². The van der Waals surface area contributed by atoms with E-state index in [0.29, 0.717) is 58.4 Å². The number of fused-ring (bicyclic) bond motifs is 7. The number of anilines is 2. The average molecular weight is 556 g/mol. The molecular weight excluding hydrogens is 526 g/mol. The third-order valence-electron chi connectivity index (χ3n) is 9.18. The summed E-state index contributed by atoms with van der Waals surface area (Å²) < 4.78 is 5.85. The number of carbonyl (C=O) groups is 3. The summed E-state index contributed by atoms with van der Waals surface area (Å²) in [5.74, 6) is -1.01. The largest absolute Gasteiger partial charge is 0.494 e. The number of benzene rings is 3. The maximum atomic E-state index is 14.8. The molecule has 3 aromatic rings. The molecule has 4 heterocycles. The van der Waals surface area contributed by atoms with Crippen molar-refractivity contribution in [3.63, 3.8) is 0 Å². The number of nitrogens with zero attached hydrogens (tertiary/aromatic N) is 1. The maximum Gasteiger partial charge on any atom is 0.251 e. The van der Waals surface area contributed by atoms with Crippen LogP contribution in [0.4, 0.5) is 11.4 Å². The second-order valence-electron chi connectivity index (χ2n) is 11.3. The molecule has 2 fully saturated rings. The molecule has 7 rings (SSSR count). The molecular formula is C32H30ClN3O4. The first-order chi connectivity index (χ1) is 19.3. The van der Waals surface area contributed by atoms with Gasteiger partial charge in [-0.05, 0) is 68.1 Å². The van der Waals surface area contributed by atoms with Crippen LogP contribution >= 0.6 is 11.6 Å². The summed E-state index contributed by atoms with van der Waals surface area (Å²) in [5, 5.41) is 6.54. The molecule has 2 spiro atoms. The minimum absolute atomic E-state index is 0.164. The SMILES string of the molecule is CCCOc1cccc(C(=O)[C@H]2[C@@H]3CCCN3[C@@]3(C(=O)Nc4c(Cl)cc(C)cc43)[C@]23C(=O)Nc2ccccc23)c1. The number of rotatable bonds is 5. The van der Waals surface area contributed by atoms with Gasteiger partial charge >= 0.3 is 0 Å². The Labute approximate surface area is 237 Å². The Kier molecular flexibility index (Phi) is 5.64. The van der Waals surface area contributed by atoms with E-state index in [-0.39, 0.29) is 23.6 Å².